The first-order chi connectivity index (χ1) is 29.5. The van der Waals surface area contributed by atoms with Gasteiger partial charge in [-0.2, -0.15) is 0 Å². The zero-order chi connectivity index (χ0) is 43.7. The fraction of sp³-hybridized carbons (Fsp3) is 0.685. The minimum Gasteiger partial charge on any atom is -0.462 e. The first kappa shape index (κ1) is 56.6. The Morgan fingerprint density at radius 1 is 0.350 bits per heavy atom. The van der Waals surface area contributed by atoms with Gasteiger partial charge in [0.25, 0.3) is 0 Å². The molecule has 0 spiro atoms. The fourth-order valence-corrected chi connectivity index (χ4v) is 6.63. The number of unbranched alkanes of at least 4 members (excludes halogenated alkanes) is 23. The van der Waals surface area contributed by atoms with E-state index in [0.717, 1.165) is 109 Å². The quantitative estimate of drug-likeness (QED) is 0.0263. The van der Waals surface area contributed by atoms with E-state index in [9.17, 15) is 14.4 Å². The molecule has 0 fully saturated rings. The van der Waals surface area contributed by atoms with Crippen molar-refractivity contribution in [2.24, 2.45) is 0 Å². The van der Waals surface area contributed by atoms with E-state index in [1.165, 1.54) is 70.6 Å². The lowest BCUT2D eigenvalue weighted by Gasteiger charge is -2.18. The molecule has 0 aromatic carbocycles. The van der Waals surface area contributed by atoms with Gasteiger partial charge in [0.05, 0.1) is 0 Å². The Morgan fingerprint density at radius 2 is 0.650 bits per heavy atom. The molecule has 6 heteroatoms. The fourth-order valence-electron chi connectivity index (χ4n) is 6.63. The van der Waals surface area contributed by atoms with Gasteiger partial charge in [0, 0.05) is 19.3 Å². The maximum atomic E-state index is 12.8. The van der Waals surface area contributed by atoms with Gasteiger partial charge in [-0.05, 0) is 57.8 Å². The van der Waals surface area contributed by atoms with Crippen molar-refractivity contribution >= 4 is 17.9 Å². The van der Waals surface area contributed by atoms with Crippen LogP contribution < -0.4 is 0 Å². The Labute approximate surface area is 369 Å². The molecule has 0 bridgehead atoms. The summed E-state index contributed by atoms with van der Waals surface area (Å²) < 4.78 is 16.7. The Balaban J connectivity index is 4.45. The van der Waals surface area contributed by atoms with Crippen molar-refractivity contribution in [1.29, 1.82) is 0 Å². The van der Waals surface area contributed by atoms with Gasteiger partial charge in [0.1, 0.15) is 13.2 Å². The summed E-state index contributed by atoms with van der Waals surface area (Å²) in [4.78, 5) is 37.9. The van der Waals surface area contributed by atoms with E-state index in [1.54, 1.807) is 0 Å². The molecule has 60 heavy (non-hydrogen) atoms. The van der Waals surface area contributed by atoms with Crippen LogP contribution in [0.3, 0.4) is 0 Å². The van der Waals surface area contributed by atoms with E-state index in [0.29, 0.717) is 19.3 Å². The molecule has 0 aliphatic carbocycles. The van der Waals surface area contributed by atoms with Gasteiger partial charge in [-0.1, -0.05) is 228 Å². The molecular formula is C54H90O6. The van der Waals surface area contributed by atoms with Crippen LogP contribution in [0.1, 0.15) is 220 Å². The second-order valence-corrected chi connectivity index (χ2v) is 16.1. The minimum absolute atomic E-state index is 0.0944. The van der Waals surface area contributed by atoms with Crippen LogP contribution in [0.25, 0.3) is 0 Å². The van der Waals surface area contributed by atoms with Gasteiger partial charge in [0.2, 0.25) is 0 Å². The molecule has 1 unspecified atom stereocenters. The number of carbonyl (C=O) groups is 3. The minimum atomic E-state index is -0.792. The topological polar surface area (TPSA) is 78.9 Å². The highest BCUT2D eigenvalue weighted by molar-refractivity contribution is 5.71. The summed E-state index contributed by atoms with van der Waals surface area (Å²) in [7, 11) is 0. The largest absolute Gasteiger partial charge is 0.462 e. The number of rotatable bonds is 43. The van der Waals surface area contributed by atoms with Crippen molar-refractivity contribution in [2.75, 3.05) is 13.2 Å². The Hall–Kier alpha value is -3.41. The van der Waals surface area contributed by atoms with E-state index in [-0.39, 0.29) is 31.1 Å². The van der Waals surface area contributed by atoms with Crippen LogP contribution >= 0.6 is 0 Å². The smallest absolute Gasteiger partial charge is 0.306 e. The number of carbonyl (C=O) groups excluding carboxylic acids is 3. The Kier molecular flexibility index (Phi) is 45.5. The summed E-state index contributed by atoms with van der Waals surface area (Å²) in [5, 5.41) is 0. The molecule has 1 atom stereocenters. The van der Waals surface area contributed by atoms with Gasteiger partial charge < -0.3 is 14.2 Å². The molecule has 0 radical (unpaired) electrons. The second kappa shape index (κ2) is 48.3. The summed E-state index contributed by atoms with van der Waals surface area (Å²) in [6.07, 6.45) is 61.3. The number of hydrogen-bond acceptors (Lipinski definition) is 6. The highest BCUT2D eigenvalue weighted by Crippen LogP contribution is 2.15. The summed E-state index contributed by atoms with van der Waals surface area (Å²) >= 11 is 0. The third-order valence-electron chi connectivity index (χ3n) is 10.3. The molecule has 0 aliphatic heterocycles. The van der Waals surface area contributed by atoms with E-state index in [4.69, 9.17) is 14.2 Å². The van der Waals surface area contributed by atoms with Crippen molar-refractivity contribution in [3.05, 3.63) is 85.1 Å². The van der Waals surface area contributed by atoms with Crippen LogP contribution in [0.5, 0.6) is 0 Å². The lowest BCUT2D eigenvalue weighted by molar-refractivity contribution is -0.167. The van der Waals surface area contributed by atoms with Crippen LogP contribution in [0.15, 0.2) is 85.1 Å². The van der Waals surface area contributed by atoms with Crippen molar-refractivity contribution in [3.8, 4) is 0 Å². The Bertz CT molecular complexity index is 1190. The van der Waals surface area contributed by atoms with Crippen LogP contribution in [0, 0.1) is 0 Å². The van der Waals surface area contributed by atoms with Crippen molar-refractivity contribution < 1.29 is 28.6 Å². The average molecular weight is 835 g/mol. The highest BCUT2D eigenvalue weighted by Gasteiger charge is 2.19. The first-order valence-electron chi connectivity index (χ1n) is 24.7. The molecule has 0 aromatic rings. The monoisotopic (exact) mass is 835 g/mol. The zero-order valence-electron chi connectivity index (χ0n) is 38.9. The number of allylic oxidation sites excluding steroid dienone is 14. The lowest BCUT2D eigenvalue weighted by atomic mass is 10.0. The number of hydrogen-bond donors (Lipinski definition) is 0. The summed E-state index contributed by atoms with van der Waals surface area (Å²) in [6.45, 7) is 6.32. The molecule has 342 valence electrons. The third kappa shape index (κ3) is 45.7. The molecule has 0 aliphatic rings. The molecule has 0 heterocycles. The van der Waals surface area contributed by atoms with E-state index >= 15 is 0 Å². The van der Waals surface area contributed by atoms with Crippen LogP contribution in [-0.4, -0.2) is 37.2 Å². The number of ether oxygens (including phenoxy) is 3. The summed E-state index contributed by atoms with van der Waals surface area (Å²) in [6, 6.07) is 0. The van der Waals surface area contributed by atoms with Gasteiger partial charge >= 0.3 is 17.9 Å². The predicted molar refractivity (Wildman–Crippen MR) is 256 cm³/mol. The normalized spacial score (nSPS) is 12.8. The lowest BCUT2D eigenvalue weighted by Crippen LogP contribution is -2.30. The standard InChI is InChI=1S/C54H90O6/c1-4-7-10-13-16-19-22-25-27-30-32-35-38-41-44-47-53(56)59-50-51(49-58-52(55)46-43-40-37-34-31-28-24-21-18-15-12-9-6-3)60-54(57)48-45-42-39-36-33-29-26-23-20-17-14-11-8-5-2/h7,9-10,12-13,15-16,18-19,21-22,24-25,27,51H,4-6,8,11,14,17,20,23,26,28-50H2,1-3H3/b10-7-,12-9-,16-13-,18-15-,22-19-,24-21-,27-25-. The zero-order valence-corrected chi connectivity index (χ0v) is 38.9. The molecule has 0 N–H and O–H groups in total. The maximum Gasteiger partial charge on any atom is 0.306 e. The molecular weight excluding hydrogens is 745 g/mol. The highest BCUT2D eigenvalue weighted by atomic mass is 16.6. The van der Waals surface area contributed by atoms with Crippen LogP contribution in [0.4, 0.5) is 0 Å². The van der Waals surface area contributed by atoms with Gasteiger partial charge in [-0.25, -0.2) is 0 Å². The average Bonchev–Trinajstić information content (AvgIpc) is 3.24. The number of esters is 3. The van der Waals surface area contributed by atoms with Crippen LogP contribution in [0.2, 0.25) is 0 Å². The van der Waals surface area contributed by atoms with Crippen molar-refractivity contribution in [2.45, 2.75) is 226 Å². The molecule has 0 amide bonds. The van der Waals surface area contributed by atoms with E-state index in [2.05, 4.69) is 87.6 Å². The van der Waals surface area contributed by atoms with Gasteiger partial charge in [-0.3, -0.25) is 14.4 Å². The van der Waals surface area contributed by atoms with Crippen molar-refractivity contribution in [3.63, 3.8) is 0 Å². The molecule has 0 rings (SSSR count). The molecule has 0 aromatic heterocycles. The molecule has 0 saturated carbocycles. The SMILES string of the molecule is CC\C=C/C=C\C=C/C=C\CCCCCCCC(=O)OCC(COC(=O)CCCCCCC\C=C/C=C\C=C/CC)OC(=O)CCCCCCCCCCCCCCCC. The summed E-state index contributed by atoms with van der Waals surface area (Å²) in [5.74, 6) is -0.937. The summed E-state index contributed by atoms with van der Waals surface area (Å²) in [5.41, 5.74) is 0. The van der Waals surface area contributed by atoms with Crippen molar-refractivity contribution in [1.82, 2.24) is 0 Å². The molecule has 6 nitrogen and oxygen atoms in total. The first-order valence-corrected chi connectivity index (χ1v) is 24.7. The second-order valence-electron chi connectivity index (χ2n) is 16.1. The molecule has 0 saturated heterocycles. The Morgan fingerprint density at radius 3 is 1.02 bits per heavy atom. The van der Waals surface area contributed by atoms with E-state index in [1.807, 2.05) is 18.2 Å². The third-order valence-corrected chi connectivity index (χ3v) is 10.3. The maximum absolute atomic E-state index is 12.8. The van der Waals surface area contributed by atoms with Crippen LogP contribution in [-0.2, 0) is 28.6 Å². The van der Waals surface area contributed by atoms with Gasteiger partial charge in [0.15, 0.2) is 6.10 Å². The predicted octanol–water partition coefficient (Wildman–Crippen LogP) is 16.0. The van der Waals surface area contributed by atoms with E-state index < -0.39 is 6.10 Å². The van der Waals surface area contributed by atoms with Gasteiger partial charge in [-0.15, -0.1) is 0 Å².